The van der Waals surface area contributed by atoms with Crippen LogP contribution in [0.5, 0.6) is 11.5 Å². The molecule has 0 aliphatic rings. The molecule has 0 aliphatic carbocycles. The molecule has 0 saturated carbocycles. The lowest BCUT2D eigenvalue weighted by molar-refractivity contribution is 0.391. The normalized spacial score (nSPS) is 10.2. The van der Waals surface area contributed by atoms with Crippen molar-refractivity contribution < 1.29 is 9.47 Å². The molecule has 0 bridgehead atoms. The van der Waals surface area contributed by atoms with Crippen molar-refractivity contribution in [3.05, 3.63) is 47.8 Å². The molecular weight excluding hydrogens is 237 g/mol. The highest BCUT2D eigenvalue weighted by atomic mass is 16.5. The van der Waals surface area contributed by atoms with E-state index in [-0.39, 0.29) is 0 Å². The molecule has 2 aromatic rings. The van der Waals surface area contributed by atoms with Crippen molar-refractivity contribution in [1.82, 2.24) is 4.98 Å². The van der Waals surface area contributed by atoms with E-state index in [0.717, 1.165) is 24.3 Å². The van der Waals surface area contributed by atoms with Crippen LogP contribution >= 0.6 is 0 Å². The molecule has 0 saturated heterocycles. The molecule has 1 aromatic carbocycles. The molecule has 0 fully saturated rings. The second-order valence-corrected chi connectivity index (χ2v) is 4.48. The van der Waals surface area contributed by atoms with Gasteiger partial charge in [-0.15, -0.1) is 0 Å². The second kappa shape index (κ2) is 6.27. The summed E-state index contributed by atoms with van der Waals surface area (Å²) in [4.78, 5) is 4.12. The molecule has 2 rings (SSSR count). The van der Waals surface area contributed by atoms with E-state index < -0.39 is 0 Å². The lowest BCUT2D eigenvalue weighted by Crippen LogP contribution is -2.11. The zero-order valence-corrected chi connectivity index (χ0v) is 11.6. The van der Waals surface area contributed by atoms with Gasteiger partial charge in [0.25, 0.3) is 0 Å². The van der Waals surface area contributed by atoms with E-state index >= 15 is 0 Å². The fourth-order valence-corrected chi connectivity index (χ4v) is 2.11. The summed E-state index contributed by atoms with van der Waals surface area (Å²) in [5.74, 6) is 1.70. The first-order valence-corrected chi connectivity index (χ1v) is 6.35. The largest absolute Gasteiger partial charge is 0.497 e. The van der Waals surface area contributed by atoms with E-state index in [0.29, 0.717) is 0 Å². The third-order valence-electron chi connectivity index (χ3n) is 3.29. The maximum absolute atomic E-state index is 5.41. The Balaban J connectivity index is 2.13. The third kappa shape index (κ3) is 3.28. The number of hydrogen-bond donors (Lipinski definition) is 0. The van der Waals surface area contributed by atoms with E-state index in [1.54, 1.807) is 14.2 Å². The van der Waals surface area contributed by atoms with Crippen LogP contribution < -0.4 is 14.9 Å². The SMILES string of the molecule is Bc1cnccc1CCc1ccc(OC)cc1OC. The Hall–Kier alpha value is -1.97. The smallest absolute Gasteiger partial charge is 0.141 e. The highest BCUT2D eigenvalue weighted by molar-refractivity contribution is 6.33. The summed E-state index contributed by atoms with van der Waals surface area (Å²) >= 11 is 0. The second-order valence-electron chi connectivity index (χ2n) is 4.48. The van der Waals surface area contributed by atoms with Crippen LogP contribution in [0.1, 0.15) is 11.1 Å². The van der Waals surface area contributed by atoms with Gasteiger partial charge in [-0.05, 0) is 30.5 Å². The number of rotatable bonds is 5. The van der Waals surface area contributed by atoms with Gasteiger partial charge >= 0.3 is 0 Å². The van der Waals surface area contributed by atoms with Crippen molar-refractivity contribution >= 4 is 13.3 Å². The molecule has 0 N–H and O–H groups in total. The van der Waals surface area contributed by atoms with Crippen LogP contribution in [0.15, 0.2) is 36.7 Å². The number of benzene rings is 1. The standard InChI is InChI=1S/C15H18BNO2/c1-18-13-6-5-12(15(9-13)19-2)4-3-11-7-8-17-10-14(11)16/h5-10H,3-4,16H2,1-2H3. The maximum Gasteiger partial charge on any atom is 0.141 e. The number of hydrogen-bond acceptors (Lipinski definition) is 3. The van der Waals surface area contributed by atoms with Gasteiger partial charge < -0.3 is 9.47 Å². The molecule has 0 atom stereocenters. The number of aromatic nitrogens is 1. The average Bonchev–Trinajstić information content (AvgIpc) is 2.46. The van der Waals surface area contributed by atoms with Gasteiger partial charge in [-0.2, -0.15) is 0 Å². The number of methoxy groups -OCH3 is 2. The first-order valence-electron chi connectivity index (χ1n) is 6.35. The lowest BCUT2D eigenvalue weighted by atomic mass is 9.90. The van der Waals surface area contributed by atoms with E-state index in [9.17, 15) is 0 Å². The Labute approximate surface area is 115 Å². The van der Waals surface area contributed by atoms with Gasteiger partial charge in [0.1, 0.15) is 19.3 Å². The van der Waals surface area contributed by atoms with Crippen LogP contribution in [0.25, 0.3) is 0 Å². The Bertz CT molecular complexity index is 558. The highest BCUT2D eigenvalue weighted by Crippen LogP contribution is 2.25. The number of nitrogens with zero attached hydrogens (tertiary/aromatic N) is 1. The van der Waals surface area contributed by atoms with Crippen molar-refractivity contribution in [2.75, 3.05) is 14.2 Å². The first kappa shape index (κ1) is 13.5. The van der Waals surface area contributed by atoms with Gasteiger partial charge in [-0.3, -0.25) is 4.98 Å². The third-order valence-corrected chi connectivity index (χ3v) is 3.29. The predicted octanol–water partition coefficient (Wildman–Crippen LogP) is 1.14. The molecular formula is C15H18BNO2. The Kier molecular flexibility index (Phi) is 4.45. The molecule has 0 spiro atoms. The van der Waals surface area contributed by atoms with Crippen molar-refractivity contribution in [3.8, 4) is 11.5 Å². The molecule has 0 amide bonds. The van der Waals surface area contributed by atoms with E-state index in [4.69, 9.17) is 9.47 Å². The highest BCUT2D eigenvalue weighted by Gasteiger charge is 2.06. The minimum Gasteiger partial charge on any atom is -0.497 e. The summed E-state index contributed by atoms with van der Waals surface area (Å²) in [7, 11) is 5.44. The van der Waals surface area contributed by atoms with Crippen LogP contribution in [0.2, 0.25) is 0 Å². The first-order chi connectivity index (χ1) is 9.24. The molecule has 98 valence electrons. The van der Waals surface area contributed by atoms with Gasteiger partial charge in [-0.25, -0.2) is 0 Å². The minimum atomic E-state index is 0.820. The number of ether oxygens (including phenoxy) is 2. The van der Waals surface area contributed by atoms with Crippen molar-refractivity contribution in [1.29, 1.82) is 0 Å². The number of pyridine rings is 1. The summed E-state index contributed by atoms with van der Waals surface area (Å²) < 4.78 is 10.6. The van der Waals surface area contributed by atoms with E-state index in [1.165, 1.54) is 16.6 Å². The van der Waals surface area contributed by atoms with Gasteiger partial charge in [-0.1, -0.05) is 17.1 Å². The molecule has 1 aromatic heterocycles. The van der Waals surface area contributed by atoms with Gasteiger partial charge in [0.2, 0.25) is 0 Å². The molecule has 0 aliphatic heterocycles. The average molecular weight is 255 g/mol. The van der Waals surface area contributed by atoms with Crippen LogP contribution in [0.3, 0.4) is 0 Å². The Morgan fingerprint density at radius 3 is 2.53 bits per heavy atom. The zero-order chi connectivity index (χ0) is 13.7. The summed E-state index contributed by atoms with van der Waals surface area (Å²) in [5.41, 5.74) is 3.75. The predicted molar refractivity (Wildman–Crippen MR) is 79.4 cm³/mol. The topological polar surface area (TPSA) is 31.4 Å². The molecule has 0 radical (unpaired) electrons. The summed E-state index contributed by atoms with van der Waals surface area (Å²) in [6.45, 7) is 0. The molecule has 19 heavy (non-hydrogen) atoms. The Morgan fingerprint density at radius 1 is 1.05 bits per heavy atom. The monoisotopic (exact) mass is 255 g/mol. The molecule has 1 heterocycles. The summed E-state index contributed by atoms with van der Waals surface area (Å²) in [6.07, 6.45) is 5.67. The van der Waals surface area contributed by atoms with Crippen LogP contribution in [-0.2, 0) is 12.8 Å². The van der Waals surface area contributed by atoms with Crippen LogP contribution in [-0.4, -0.2) is 27.0 Å². The fourth-order valence-electron chi connectivity index (χ4n) is 2.11. The van der Waals surface area contributed by atoms with E-state index in [2.05, 4.69) is 25.0 Å². The van der Waals surface area contributed by atoms with Gasteiger partial charge in [0, 0.05) is 18.5 Å². The quantitative estimate of drug-likeness (QED) is 0.751. The lowest BCUT2D eigenvalue weighted by Gasteiger charge is -2.11. The zero-order valence-electron chi connectivity index (χ0n) is 11.6. The minimum absolute atomic E-state index is 0.820. The molecule has 4 heteroatoms. The van der Waals surface area contributed by atoms with Gasteiger partial charge in [0.05, 0.1) is 14.2 Å². The molecule has 3 nitrogen and oxygen atoms in total. The summed E-state index contributed by atoms with van der Waals surface area (Å²) in [5, 5.41) is 0. The fraction of sp³-hybridized carbons (Fsp3) is 0.267. The molecule has 0 unspecified atom stereocenters. The maximum atomic E-state index is 5.41. The Morgan fingerprint density at radius 2 is 1.84 bits per heavy atom. The van der Waals surface area contributed by atoms with Crippen molar-refractivity contribution in [2.24, 2.45) is 0 Å². The van der Waals surface area contributed by atoms with Crippen molar-refractivity contribution in [2.45, 2.75) is 12.8 Å². The van der Waals surface area contributed by atoms with Gasteiger partial charge in [0.15, 0.2) is 0 Å². The summed E-state index contributed by atoms with van der Waals surface area (Å²) in [6, 6.07) is 8.03. The van der Waals surface area contributed by atoms with Crippen LogP contribution in [0, 0.1) is 0 Å². The number of aryl methyl sites for hydroxylation is 2. The van der Waals surface area contributed by atoms with Crippen molar-refractivity contribution in [3.63, 3.8) is 0 Å². The van der Waals surface area contributed by atoms with Crippen LogP contribution in [0.4, 0.5) is 0 Å². The van der Waals surface area contributed by atoms with E-state index in [1.807, 2.05) is 24.5 Å².